The van der Waals surface area contributed by atoms with Crippen molar-refractivity contribution in [1.29, 1.82) is 0 Å². The zero-order valence-corrected chi connectivity index (χ0v) is 15.1. The van der Waals surface area contributed by atoms with Crippen LogP contribution < -0.4 is 10.1 Å². The van der Waals surface area contributed by atoms with E-state index in [1.54, 1.807) is 0 Å². The minimum Gasteiger partial charge on any atom is -0.481 e. The van der Waals surface area contributed by atoms with Crippen molar-refractivity contribution in [1.82, 2.24) is 4.90 Å². The molecular weight excluding hydrogens is 340 g/mol. The Balaban J connectivity index is 1.72. The van der Waals surface area contributed by atoms with E-state index in [9.17, 15) is 4.79 Å². The molecule has 0 bridgehead atoms. The third kappa shape index (κ3) is 3.49. The number of fused-ring (bicyclic) bond motifs is 1. The van der Waals surface area contributed by atoms with Crippen LogP contribution in [0.3, 0.4) is 0 Å². The largest absolute Gasteiger partial charge is 0.481 e. The summed E-state index contributed by atoms with van der Waals surface area (Å²) in [6, 6.07) is 15.3. The number of amides is 1. The fourth-order valence-corrected chi connectivity index (χ4v) is 3.69. The second-order valence-electron chi connectivity index (χ2n) is 6.72. The average molecular weight is 362 g/mol. The third-order valence-corrected chi connectivity index (χ3v) is 4.97. The van der Waals surface area contributed by atoms with Crippen LogP contribution in [0.2, 0.25) is 0 Å². The molecule has 0 unspecified atom stereocenters. The SMILES string of the molecule is C#CCOc1ccccc1[C@@H]1Nc2ccccc2C(=O)N1C[C@@H]1CCCO1. The van der Waals surface area contributed by atoms with Gasteiger partial charge in [0.2, 0.25) is 0 Å². The van der Waals surface area contributed by atoms with E-state index in [0.717, 1.165) is 30.7 Å². The molecule has 2 atom stereocenters. The van der Waals surface area contributed by atoms with Gasteiger partial charge in [0.15, 0.2) is 0 Å². The summed E-state index contributed by atoms with van der Waals surface area (Å²) in [5.41, 5.74) is 2.38. The van der Waals surface area contributed by atoms with E-state index >= 15 is 0 Å². The van der Waals surface area contributed by atoms with Crippen molar-refractivity contribution in [3.8, 4) is 18.1 Å². The van der Waals surface area contributed by atoms with Gasteiger partial charge in [-0.1, -0.05) is 36.3 Å². The van der Waals surface area contributed by atoms with Gasteiger partial charge in [-0.05, 0) is 31.0 Å². The van der Waals surface area contributed by atoms with Crippen LogP contribution in [0.15, 0.2) is 48.5 Å². The highest BCUT2D eigenvalue weighted by Crippen LogP contribution is 2.37. The summed E-state index contributed by atoms with van der Waals surface area (Å²) in [5.74, 6) is 3.17. The van der Waals surface area contributed by atoms with Crippen LogP contribution in [0, 0.1) is 12.3 Å². The summed E-state index contributed by atoms with van der Waals surface area (Å²) in [4.78, 5) is 15.1. The number of nitrogens with one attached hydrogen (secondary N) is 1. The quantitative estimate of drug-likeness (QED) is 0.828. The Morgan fingerprint density at radius 2 is 2.04 bits per heavy atom. The number of carbonyl (C=O) groups excluding carboxylic acids is 1. The number of rotatable bonds is 5. The van der Waals surface area contributed by atoms with E-state index < -0.39 is 0 Å². The highest BCUT2D eigenvalue weighted by Gasteiger charge is 2.36. The number of terminal acetylenes is 1. The van der Waals surface area contributed by atoms with Gasteiger partial charge in [0.05, 0.1) is 11.7 Å². The monoisotopic (exact) mass is 362 g/mol. The number of para-hydroxylation sites is 2. The zero-order chi connectivity index (χ0) is 18.6. The zero-order valence-electron chi connectivity index (χ0n) is 15.1. The second-order valence-corrected chi connectivity index (χ2v) is 6.72. The number of ether oxygens (including phenoxy) is 2. The van der Waals surface area contributed by atoms with Gasteiger partial charge in [0, 0.05) is 24.4 Å². The van der Waals surface area contributed by atoms with Gasteiger partial charge < -0.3 is 19.7 Å². The summed E-state index contributed by atoms with van der Waals surface area (Å²) in [5, 5.41) is 3.50. The summed E-state index contributed by atoms with van der Waals surface area (Å²) in [6.45, 7) is 1.47. The lowest BCUT2D eigenvalue weighted by Gasteiger charge is -2.39. The molecular formula is C22H22N2O3. The fourth-order valence-electron chi connectivity index (χ4n) is 3.69. The number of carbonyl (C=O) groups is 1. The lowest BCUT2D eigenvalue weighted by molar-refractivity contribution is 0.0424. The standard InChI is InChI=1S/C22H22N2O3/c1-2-13-27-20-12-6-4-10-18(20)21-23-19-11-5-3-9-17(19)22(25)24(21)15-16-8-7-14-26-16/h1,3-6,9-12,16,21,23H,7-8,13-15H2/t16-,21+/m0/s1. The van der Waals surface area contributed by atoms with Crippen molar-refractivity contribution in [2.24, 2.45) is 0 Å². The summed E-state index contributed by atoms with van der Waals surface area (Å²) < 4.78 is 11.5. The van der Waals surface area contributed by atoms with Crippen molar-refractivity contribution in [3.05, 3.63) is 59.7 Å². The minimum absolute atomic E-state index is 0.00315. The fraction of sp³-hybridized carbons (Fsp3) is 0.318. The Labute approximate surface area is 159 Å². The van der Waals surface area contributed by atoms with Crippen molar-refractivity contribution in [2.75, 3.05) is 25.1 Å². The molecule has 0 aromatic heterocycles. The first-order valence-electron chi connectivity index (χ1n) is 9.21. The van der Waals surface area contributed by atoms with Gasteiger partial charge in [-0.3, -0.25) is 4.79 Å². The molecule has 2 aromatic carbocycles. The van der Waals surface area contributed by atoms with Crippen LogP contribution in [0.4, 0.5) is 5.69 Å². The first-order valence-corrected chi connectivity index (χ1v) is 9.21. The van der Waals surface area contributed by atoms with Gasteiger partial charge >= 0.3 is 0 Å². The Morgan fingerprint density at radius 3 is 2.85 bits per heavy atom. The molecule has 0 spiro atoms. The van der Waals surface area contributed by atoms with Gasteiger partial charge in [-0.25, -0.2) is 0 Å². The number of hydrogen-bond donors (Lipinski definition) is 1. The number of hydrogen-bond acceptors (Lipinski definition) is 4. The minimum atomic E-state index is -0.342. The predicted octanol–water partition coefficient (Wildman–Crippen LogP) is 3.44. The molecule has 0 radical (unpaired) electrons. The normalized spacial score (nSPS) is 21.3. The average Bonchev–Trinajstić information content (AvgIpc) is 3.22. The maximum atomic E-state index is 13.3. The molecule has 4 rings (SSSR count). The molecule has 1 N–H and O–H groups in total. The molecule has 1 fully saturated rings. The lowest BCUT2D eigenvalue weighted by atomic mass is 10.0. The van der Waals surface area contributed by atoms with Gasteiger partial charge in [0.25, 0.3) is 5.91 Å². The van der Waals surface area contributed by atoms with Crippen LogP contribution in [-0.4, -0.2) is 36.7 Å². The van der Waals surface area contributed by atoms with Gasteiger partial charge in [-0.2, -0.15) is 0 Å². The molecule has 2 aliphatic heterocycles. The van der Waals surface area contributed by atoms with Crippen LogP contribution in [0.25, 0.3) is 0 Å². The second kappa shape index (κ2) is 7.73. The van der Waals surface area contributed by atoms with Crippen LogP contribution >= 0.6 is 0 Å². The van der Waals surface area contributed by atoms with E-state index in [1.165, 1.54) is 0 Å². The molecule has 2 aliphatic rings. The van der Waals surface area contributed by atoms with Crippen molar-refractivity contribution >= 4 is 11.6 Å². The first-order chi connectivity index (χ1) is 13.3. The third-order valence-electron chi connectivity index (χ3n) is 4.97. The van der Waals surface area contributed by atoms with E-state index in [0.29, 0.717) is 17.9 Å². The highest BCUT2D eigenvalue weighted by atomic mass is 16.5. The van der Waals surface area contributed by atoms with Crippen LogP contribution in [0.5, 0.6) is 5.75 Å². The summed E-state index contributed by atoms with van der Waals surface area (Å²) in [7, 11) is 0. The molecule has 0 aliphatic carbocycles. The maximum Gasteiger partial charge on any atom is 0.257 e. The Hall–Kier alpha value is -2.97. The van der Waals surface area contributed by atoms with E-state index in [2.05, 4.69) is 11.2 Å². The van der Waals surface area contributed by atoms with E-state index in [1.807, 2.05) is 53.4 Å². The highest BCUT2D eigenvalue weighted by molar-refractivity contribution is 6.01. The molecule has 0 saturated carbocycles. The van der Waals surface area contributed by atoms with Crippen molar-refractivity contribution < 1.29 is 14.3 Å². The van der Waals surface area contributed by atoms with Crippen LogP contribution in [-0.2, 0) is 4.74 Å². The molecule has 1 saturated heterocycles. The Morgan fingerprint density at radius 1 is 1.22 bits per heavy atom. The van der Waals surface area contributed by atoms with E-state index in [-0.39, 0.29) is 24.8 Å². The molecule has 5 heteroatoms. The maximum absolute atomic E-state index is 13.3. The molecule has 1 amide bonds. The molecule has 27 heavy (non-hydrogen) atoms. The molecule has 2 heterocycles. The number of nitrogens with zero attached hydrogens (tertiary/aromatic N) is 1. The van der Waals surface area contributed by atoms with Crippen molar-refractivity contribution in [3.63, 3.8) is 0 Å². The lowest BCUT2D eigenvalue weighted by Crippen LogP contribution is -2.46. The van der Waals surface area contributed by atoms with Gasteiger partial charge in [-0.15, -0.1) is 6.42 Å². The molecule has 2 aromatic rings. The summed E-state index contributed by atoms with van der Waals surface area (Å²) >= 11 is 0. The Bertz CT molecular complexity index is 868. The van der Waals surface area contributed by atoms with Crippen molar-refractivity contribution in [2.45, 2.75) is 25.1 Å². The van der Waals surface area contributed by atoms with Gasteiger partial charge in [0.1, 0.15) is 18.5 Å². The number of benzene rings is 2. The predicted molar refractivity (Wildman–Crippen MR) is 104 cm³/mol. The first kappa shape index (κ1) is 17.4. The smallest absolute Gasteiger partial charge is 0.257 e. The number of anilines is 1. The molecule has 138 valence electrons. The van der Waals surface area contributed by atoms with Crippen LogP contribution in [0.1, 0.15) is 34.9 Å². The molecule has 5 nitrogen and oxygen atoms in total. The Kier molecular flexibility index (Phi) is 4.99. The van der Waals surface area contributed by atoms with E-state index in [4.69, 9.17) is 15.9 Å². The summed E-state index contributed by atoms with van der Waals surface area (Å²) in [6.07, 6.45) is 7.07. The topological polar surface area (TPSA) is 50.8 Å².